The highest BCUT2D eigenvalue weighted by molar-refractivity contribution is 9.10. The lowest BCUT2D eigenvalue weighted by Crippen LogP contribution is -2.15. The van der Waals surface area contributed by atoms with Crippen molar-refractivity contribution in [2.24, 2.45) is 0 Å². The number of halogens is 2. The number of aryl methyl sites for hydroxylation is 1. The molecule has 0 heterocycles. The van der Waals surface area contributed by atoms with E-state index in [2.05, 4.69) is 20.7 Å². The van der Waals surface area contributed by atoms with Crippen LogP contribution in [0.2, 0.25) is 0 Å². The first kappa shape index (κ1) is 16.4. The number of rotatable bonds is 4. The zero-order valence-corrected chi connectivity index (χ0v) is 13.7. The summed E-state index contributed by atoms with van der Waals surface area (Å²) in [5.41, 5.74) is 0.0843. The smallest absolute Gasteiger partial charge is 0.335 e. The van der Waals surface area contributed by atoms with Crippen molar-refractivity contribution in [2.45, 2.75) is 11.8 Å². The molecular formula is C14H11BrFNO4S. The molecule has 0 unspecified atom stereocenters. The molecule has 0 spiro atoms. The molecule has 0 aliphatic carbocycles. The summed E-state index contributed by atoms with van der Waals surface area (Å²) in [5, 5.41) is 9.04. The van der Waals surface area contributed by atoms with E-state index in [1.807, 2.05) is 0 Å². The minimum atomic E-state index is -4.09. The van der Waals surface area contributed by atoms with Crippen LogP contribution in [0.15, 0.2) is 45.8 Å². The van der Waals surface area contributed by atoms with Gasteiger partial charge in [-0.25, -0.2) is 17.6 Å². The molecule has 0 aliphatic rings. The Labute approximate surface area is 135 Å². The Morgan fingerprint density at radius 1 is 1.23 bits per heavy atom. The maximum atomic E-state index is 13.7. The van der Waals surface area contributed by atoms with Crippen LogP contribution in [-0.2, 0) is 10.0 Å². The molecule has 0 bridgehead atoms. The molecule has 0 saturated heterocycles. The molecule has 0 atom stereocenters. The van der Waals surface area contributed by atoms with Gasteiger partial charge in [0, 0.05) is 4.47 Å². The van der Waals surface area contributed by atoms with Crippen molar-refractivity contribution in [1.29, 1.82) is 0 Å². The highest BCUT2D eigenvalue weighted by Crippen LogP contribution is 2.23. The van der Waals surface area contributed by atoms with E-state index in [1.165, 1.54) is 24.3 Å². The molecule has 0 radical (unpaired) electrons. The lowest BCUT2D eigenvalue weighted by molar-refractivity contribution is 0.0696. The van der Waals surface area contributed by atoms with Crippen LogP contribution >= 0.6 is 15.9 Å². The van der Waals surface area contributed by atoms with Gasteiger partial charge >= 0.3 is 5.97 Å². The number of carbonyl (C=O) groups is 1. The summed E-state index contributed by atoms with van der Waals surface area (Å²) in [7, 11) is -4.09. The third-order valence-corrected chi connectivity index (χ3v) is 4.78. The predicted molar refractivity (Wildman–Crippen MR) is 83.0 cm³/mol. The van der Waals surface area contributed by atoms with Crippen molar-refractivity contribution < 1.29 is 22.7 Å². The van der Waals surface area contributed by atoms with E-state index in [0.29, 0.717) is 10.0 Å². The lowest BCUT2D eigenvalue weighted by Gasteiger charge is -2.10. The van der Waals surface area contributed by atoms with E-state index in [4.69, 9.17) is 5.11 Å². The van der Waals surface area contributed by atoms with Crippen LogP contribution in [0.25, 0.3) is 0 Å². The average Bonchev–Trinajstić information content (AvgIpc) is 2.42. The molecule has 0 saturated carbocycles. The molecule has 5 nitrogen and oxygen atoms in total. The molecule has 0 aliphatic heterocycles. The number of carboxylic acids is 1. The second kappa shape index (κ2) is 6.05. The summed E-state index contributed by atoms with van der Waals surface area (Å²) < 4.78 is 40.8. The average molecular weight is 388 g/mol. The summed E-state index contributed by atoms with van der Waals surface area (Å²) in [6, 6.07) is 7.56. The number of hydrogen-bond acceptors (Lipinski definition) is 3. The fraction of sp³-hybridized carbons (Fsp3) is 0.0714. The van der Waals surface area contributed by atoms with Gasteiger partial charge in [-0.2, -0.15) is 0 Å². The minimum absolute atomic E-state index is 0.126. The van der Waals surface area contributed by atoms with Gasteiger partial charge in [-0.3, -0.25) is 4.72 Å². The van der Waals surface area contributed by atoms with E-state index in [9.17, 15) is 17.6 Å². The molecule has 0 aromatic heterocycles. The second-order valence-electron chi connectivity index (χ2n) is 4.51. The quantitative estimate of drug-likeness (QED) is 0.841. The molecule has 2 aromatic carbocycles. The van der Waals surface area contributed by atoms with Crippen molar-refractivity contribution in [1.82, 2.24) is 0 Å². The monoisotopic (exact) mass is 387 g/mol. The first-order chi connectivity index (χ1) is 10.2. The van der Waals surface area contributed by atoms with Crippen LogP contribution in [0.4, 0.5) is 10.1 Å². The molecule has 0 fully saturated rings. The van der Waals surface area contributed by atoms with Gasteiger partial charge in [0.25, 0.3) is 10.0 Å². The molecule has 8 heteroatoms. The zero-order valence-electron chi connectivity index (χ0n) is 11.3. The van der Waals surface area contributed by atoms with E-state index in [1.54, 1.807) is 6.92 Å². The van der Waals surface area contributed by atoms with Crippen molar-refractivity contribution in [3.63, 3.8) is 0 Å². The maximum absolute atomic E-state index is 13.7. The Bertz CT molecular complexity index is 852. The standard InChI is InChI=1S/C14H11BrFNO4S/c1-8-2-4-10(7-11(8)14(18)19)22(20,21)17-13-5-3-9(15)6-12(13)16/h2-7,17H,1H3,(H,18,19). The van der Waals surface area contributed by atoms with Crippen molar-refractivity contribution in [3.8, 4) is 0 Å². The highest BCUT2D eigenvalue weighted by atomic mass is 79.9. The first-order valence-corrected chi connectivity index (χ1v) is 8.30. The SMILES string of the molecule is Cc1ccc(S(=O)(=O)Nc2ccc(Br)cc2F)cc1C(=O)O. The van der Waals surface area contributed by atoms with E-state index >= 15 is 0 Å². The molecule has 2 aromatic rings. The van der Waals surface area contributed by atoms with Gasteiger partial charge in [0.1, 0.15) is 5.82 Å². The molecule has 2 rings (SSSR count). The van der Waals surface area contributed by atoms with Crippen LogP contribution in [0.3, 0.4) is 0 Å². The van der Waals surface area contributed by atoms with Gasteiger partial charge in [-0.1, -0.05) is 22.0 Å². The van der Waals surface area contributed by atoms with Gasteiger partial charge in [-0.05, 0) is 42.8 Å². The summed E-state index contributed by atoms with van der Waals surface area (Å²) in [4.78, 5) is 10.8. The number of benzene rings is 2. The number of sulfonamides is 1. The van der Waals surface area contributed by atoms with Crippen LogP contribution < -0.4 is 4.72 Å². The summed E-state index contributed by atoms with van der Waals surface area (Å²) in [6.07, 6.45) is 0. The van der Waals surface area contributed by atoms with Crippen LogP contribution in [0, 0.1) is 12.7 Å². The Morgan fingerprint density at radius 3 is 2.50 bits per heavy atom. The van der Waals surface area contributed by atoms with Crippen LogP contribution in [-0.4, -0.2) is 19.5 Å². The van der Waals surface area contributed by atoms with E-state index in [-0.39, 0.29) is 16.1 Å². The normalized spacial score (nSPS) is 11.2. The Balaban J connectivity index is 2.42. The number of nitrogens with one attached hydrogen (secondary N) is 1. The third kappa shape index (κ3) is 3.45. The van der Waals surface area contributed by atoms with Gasteiger partial charge in [-0.15, -0.1) is 0 Å². The topological polar surface area (TPSA) is 83.5 Å². The summed E-state index contributed by atoms with van der Waals surface area (Å²) in [6.45, 7) is 1.56. The fourth-order valence-corrected chi connectivity index (χ4v) is 3.20. The molecule has 116 valence electrons. The van der Waals surface area contributed by atoms with Crippen molar-refractivity contribution in [2.75, 3.05) is 4.72 Å². The highest BCUT2D eigenvalue weighted by Gasteiger charge is 2.19. The Hall–Kier alpha value is -1.93. The van der Waals surface area contributed by atoms with Crippen LogP contribution in [0.1, 0.15) is 15.9 Å². The van der Waals surface area contributed by atoms with Crippen molar-refractivity contribution in [3.05, 3.63) is 57.8 Å². The molecular weight excluding hydrogens is 377 g/mol. The lowest BCUT2D eigenvalue weighted by atomic mass is 10.1. The molecule has 2 N–H and O–H groups in total. The zero-order chi connectivity index (χ0) is 16.5. The largest absolute Gasteiger partial charge is 0.478 e. The van der Waals surface area contributed by atoms with Crippen LogP contribution in [0.5, 0.6) is 0 Å². The van der Waals surface area contributed by atoms with Gasteiger partial charge in [0.05, 0.1) is 16.1 Å². The van der Waals surface area contributed by atoms with E-state index in [0.717, 1.165) is 12.1 Å². The summed E-state index contributed by atoms with van der Waals surface area (Å²) >= 11 is 3.07. The number of anilines is 1. The molecule has 0 amide bonds. The molecule has 22 heavy (non-hydrogen) atoms. The second-order valence-corrected chi connectivity index (χ2v) is 7.11. The minimum Gasteiger partial charge on any atom is -0.478 e. The predicted octanol–water partition coefficient (Wildman–Crippen LogP) is 3.40. The number of hydrogen-bond donors (Lipinski definition) is 2. The van der Waals surface area contributed by atoms with E-state index < -0.39 is 21.8 Å². The first-order valence-electron chi connectivity index (χ1n) is 6.02. The van der Waals surface area contributed by atoms with Gasteiger partial charge < -0.3 is 5.11 Å². The Morgan fingerprint density at radius 2 is 1.91 bits per heavy atom. The Kier molecular flexibility index (Phi) is 4.52. The number of carboxylic acid groups (broad SMARTS) is 1. The fourth-order valence-electron chi connectivity index (χ4n) is 1.77. The maximum Gasteiger partial charge on any atom is 0.335 e. The van der Waals surface area contributed by atoms with Gasteiger partial charge in [0.2, 0.25) is 0 Å². The summed E-state index contributed by atoms with van der Waals surface area (Å²) in [5.74, 6) is -1.98. The third-order valence-electron chi connectivity index (χ3n) is 2.93. The van der Waals surface area contributed by atoms with Crippen molar-refractivity contribution >= 4 is 37.6 Å². The number of aromatic carboxylic acids is 1. The van der Waals surface area contributed by atoms with Gasteiger partial charge in [0.15, 0.2) is 0 Å².